The van der Waals surface area contributed by atoms with E-state index in [-0.39, 0.29) is 12.4 Å². The first-order valence-electron chi connectivity index (χ1n) is 7.55. The minimum atomic E-state index is -0.708. The van der Waals surface area contributed by atoms with E-state index in [4.69, 9.17) is 9.84 Å². The van der Waals surface area contributed by atoms with Gasteiger partial charge in [-0.2, -0.15) is 0 Å². The number of carbonyl (C=O) groups excluding carboxylic acids is 1. The number of anilines is 1. The van der Waals surface area contributed by atoms with E-state index in [9.17, 15) is 9.18 Å². The van der Waals surface area contributed by atoms with Crippen molar-refractivity contribution in [2.45, 2.75) is 26.0 Å². The lowest BCUT2D eigenvalue weighted by molar-refractivity contribution is 0.187. The van der Waals surface area contributed by atoms with Crippen molar-refractivity contribution in [2.24, 2.45) is 0 Å². The minimum Gasteiger partial charge on any atom is -0.489 e. The predicted molar refractivity (Wildman–Crippen MR) is 90.5 cm³/mol. The van der Waals surface area contributed by atoms with Crippen molar-refractivity contribution < 1.29 is 19.0 Å². The molecule has 24 heavy (non-hydrogen) atoms. The fourth-order valence-corrected chi connectivity index (χ4v) is 1.92. The summed E-state index contributed by atoms with van der Waals surface area (Å²) in [5.74, 6) is 0.292. The minimum absolute atomic E-state index is 0.165. The zero-order valence-corrected chi connectivity index (χ0v) is 13.7. The second-order valence-electron chi connectivity index (χ2n) is 6.06. The number of aliphatic hydroxyl groups excluding tert-OH is 1. The highest BCUT2D eigenvalue weighted by Gasteiger charge is 2.18. The maximum atomic E-state index is 12.9. The van der Waals surface area contributed by atoms with Crippen LogP contribution in [0.2, 0.25) is 0 Å². The Labute approximate surface area is 140 Å². The molecular weight excluding hydrogens is 311 g/mol. The Bertz CT molecular complexity index is 687. The summed E-state index contributed by atoms with van der Waals surface area (Å²) in [5.41, 5.74) is 0.705. The molecule has 0 saturated heterocycles. The van der Waals surface area contributed by atoms with Crippen LogP contribution in [0, 0.1) is 5.82 Å². The Kier molecular flexibility index (Phi) is 5.76. The van der Waals surface area contributed by atoms with Crippen LogP contribution >= 0.6 is 0 Å². The molecule has 0 unspecified atom stereocenters. The summed E-state index contributed by atoms with van der Waals surface area (Å²) in [7, 11) is 0. The van der Waals surface area contributed by atoms with Gasteiger partial charge in [0, 0.05) is 11.8 Å². The Balaban J connectivity index is 1.93. The fraction of sp³-hybridized carbons (Fsp3) is 0.278. The van der Waals surface area contributed by atoms with Crippen molar-refractivity contribution in [3.05, 3.63) is 59.9 Å². The van der Waals surface area contributed by atoms with E-state index in [1.165, 1.54) is 12.1 Å². The molecule has 5 nitrogen and oxygen atoms in total. The van der Waals surface area contributed by atoms with Gasteiger partial charge in [0.25, 0.3) is 0 Å². The quantitative estimate of drug-likeness (QED) is 0.760. The number of halogens is 1. The van der Waals surface area contributed by atoms with Crippen LogP contribution in [0.15, 0.2) is 48.5 Å². The molecule has 2 aromatic carbocycles. The normalized spacial score (nSPS) is 11.0. The molecule has 6 heteroatoms. The Morgan fingerprint density at radius 3 is 2.58 bits per heavy atom. The lowest BCUT2D eigenvalue weighted by Crippen LogP contribution is -2.48. The molecular formula is C18H21FN2O3. The van der Waals surface area contributed by atoms with E-state index in [2.05, 4.69) is 10.6 Å². The fourth-order valence-electron chi connectivity index (χ4n) is 1.92. The maximum Gasteiger partial charge on any atom is 0.319 e. The average Bonchev–Trinajstić information content (AvgIpc) is 2.54. The Morgan fingerprint density at radius 2 is 1.92 bits per heavy atom. The van der Waals surface area contributed by atoms with Crippen molar-refractivity contribution in [2.75, 3.05) is 11.9 Å². The van der Waals surface area contributed by atoms with Gasteiger partial charge in [-0.15, -0.1) is 0 Å². The van der Waals surface area contributed by atoms with E-state index in [0.29, 0.717) is 18.0 Å². The summed E-state index contributed by atoms with van der Waals surface area (Å²) >= 11 is 0. The molecule has 0 atom stereocenters. The van der Waals surface area contributed by atoms with Gasteiger partial charge in [-0.3, -0.25) is 0 Å². The van der Waals surface area contributed by atoms with E-state index < -0.39 is 11.6 Å². The number of hydrogen-bond acceptors (Lipinski definition) is 3. The van der Waals surface area contributed by atoms with Gasteiger partial charge < -0.3 is 20.5 Å². The highest BCUT2D eigenvalue weighted by atomic mass is 19.1. The summed E-state index contributed by atoms with van der Waals surface area (Å²) in [6.07, 6.45) is 0. The Morgan fingerprint density at radius 1 is 1.21 bits per heavy atom. The first-order valence-corrected chi connectivity index (χ1v) is 7.55. The number of ether oxygens (including phenoxy) is 1. The van der Waals surface area contributed by atoms with E-state index in [1.807, 2.05) is 0 Å². The third-order valence-corrected chi connectivity index (χ3v) is 3.26. The van der Waals surface area contributed by atoms with Crippen LogP contribution in [0.4, 0.5) is 14.9 Å². The van der Waals surface area contributed by atoms with Crippen molar-refractivity contribution in [3.63, 3.8) is 0 Å². The number of urea groups is 1. The smallest absolute Gasteiger partial charge is 0.319 e. The molecule has 2 amide bonds. The monoisotopic (exact) mass is 332 g/mol. The summed E-state index contributed by atoms with van der Waals surface area (Å²) in [4.78, 5) is 11.9. The molecule has 0 spiro atoms. The van der Waals surface area contributed by atoms with Gasteiger partial charge in [0.1, 0.15) is 18.2 Å². The predicted octanol–water partition coefficient (Wildman–Crippen LogP) is 3.30. The summed E-state index contributed by atoms with van der Waals surface area (Å²) in [6, 6.07) is 12.6. The molecule has 0 bridgehead atoms. The molecule has 0 aliphatic carbocycles. The molecule has 0 aliphatic rings. The van der Waals surface area contributed by atoms with Gasteiger partial charge in [-0.05, 0) is 43.7 Å². The van der Waals surface area contributed by atoms with Crippen molar-refractivity contribution >= 4 is 11.7 Å². The third-order valence-electron chi connectivity index (χ3n) is 3.26. The number of amides is 2. The third kappa shape index (κ3) is 5.55. The van der Waals surface area contributed by atoms with Crippen LogP contribution in [0.1, 0.15) is 19.4 Å². The van der Waals surface area contributed by atoms with Gasteiger partial charge in [0.05, 0.1) is 12.1 Å². The highest BCUT2D eigenvalue weighted by molar-refractivity contribution is 5.89. The number of benzene rings is 2. The summed E-state index contributed by atoms with van der Waals surface area (Å²) in [6.45, 7) is 3.57. The van der Waals surface area contributed by atoms with Crippen LogP contribution in [0.5, 0.6) is 5.75 Å². The van der Waals surface area contributed by atoms with E-state index >= 15 is 0 Å². The molecule has 0 aromatic heterocycles. The highest BCUT2D eigenvalue weighted by Crippen LogP contribution is 2.19. The largest absolute Gasteiger partial charge is 0.489 e. The zero-order chi connectivity index (χ0) is 17.6. The van der Waals surface area contributed by atoms with Crippen molar-refractivity contribution in [1.29, 1.82) is 0 Å². The van der Waals surface area contributed by atoms with Crippen LogP contribution in [0.25, 0.3) is 0 Å². The summed E-state index contributed by atoms with van der Waals surface area (Å²) in [5, 5.41) is 14.5. The molecule has 0 saturated carbocycles. The van der Waals surface area contributed by atoms with E-state index in [1.54, 1.807) is 50.2 Å². The molecule has 2 rings (SSSR count). The lowest BCUT2D eigenvalue weighted by Gasteiger charge is -2.23. The molecule has 128 valence electrons. The van der Waals surface area contributed by atoms with E-state index in [0.717, 1.165) is 5.56 Å². The van der Waals surface area contributed by atoms with Crippen molar-refractivity contribution in [3.8, 4) is 5.75 Å². The Hall–Kier alpha value is -2.60. The van der Waals surface area contributed by atoms with Crippen LogP contribution in [0.3, 0.4) is 0 Å². The first kappa shape index (κ1) is 17.7. The second-order valence-corrected chi connectivity index (χ2v) is 6.06. The lowest BCUT2D eigenvalue weighted by atomic mass is 10.1. The SMILES string of the molecule is CC(C)(CO)NC(=O)Nc1cccc(OCc2ccc(F)cc2)c1. The topological polar surface area (TPSA) is 70.6 Å². The zero-order valence-electron chi connectivity index (χ0n) is 13.7. The van der Waals surface area contributed by atoms with Gasteiger partial charge in [-0.1, -0.05) is 18.2 Å². The van der Waals surface area contributed by atoms with Crippen LogP contribution in [-0.4, -0.2) is 23.3 Å². The van der Waals surface area contributed by atoms with Crippen LogP contribution < -0.4 is 15.4 Å². The first-order chi connectivity index (χ1) is 11.4. The summed E-state index contributed by atoms with van der Waals surface area (Å²) < 4.78 is 18.5. The van der Waals surface area contributed by atoms with Gasteiger partial charge in [0.15, 0.2) is 0 Å². The van der Waals surface area contributed by atoms with Gasteiger partial charge in [-0.25, -0.2) is 9.18 Å². The molecule has 0 fully saturated rings. The second kappa shape index (κ2) is 7.79. The number of aliphatic hydroxyl groups is 1. The maximum absolute atomic E-state index is 12.9. The molecule has 0 aliphatic heterocycles. The average molecular weight is 332 g/mol. The molecule has 0 heterocycles. The standard InChI is InChI=1S/C18H21FN2O3/c1-18(2,12-22)21-17(23)20-15-4-3-5-16(10-15)24-11-13-6-8-14(19)9-7-13/h3-10,22H,11-12H2,1-2H3,(H2,20,21,23). The van der Waals surface area contributed by atoms with Crippen molar-refractivity contribution in [1.82, 2.24) is 5.32 Å². The number of carbonyl (C=O) groups is 1. The molecule has 2 aromatic rings. The molecule has 0 radical (unpaired) electrons. The number of rotatable bonds is 6. The number of nitrogens with one attached hydrogen (secondary N) is 2. The molecule has 3 N–H and O–H groups in total. The van der Waals surface area contributed by atoms with Gasteiger partial charge in [0.2, 0.25) is 0 Å². The van der Waals surface area contributed by atoms with Crippen LogP contribution in [-0.2, 0) is 6.61 Å². The van der Waals surface area contributed by atoms with Gasteiger partial charge >= 0.3 is 6.03 Å². The number of hydrogen-bond donors (Lipinski definition) is 3.